The summed E-state index contributed by atoms with van der Waals surface area (Å²) < 4.78 is 0. The zero-order chi connectivity index (χ0) is 36.5. The van der Waals surface area contributed by atoms with Crippen LogP contribution in [-0.4, -0.2) is 0 Å². The van der Waals surface area contributed by atoms with Crippen molar-refractivity contribution in [2.45, 2.75) is 174 Å². The predicted octanol–water partition coefficient (Wildman–Crippen LogP) is 16.1. The first-order chi connectivity index (χ1) is 22.4. The standard InChI is InChI=1S/C14H22.2C9H12.C8H18.C7H16/c1-7-9-12(5)14(8-2)10-13(6)11(3)4;2*1-3-9-6-4-8(2)5-7-9;1-4-6-8(3)7-5-2;1-3-5-7-6-4-2/h8-10H,3,7H2,1-2,4-6H3;2*4-7H,3H2,1-2H3;8H,4-7H2,1-3H3;3-7H2,1-2H3/b12-9?,13-10-,14-8+;;;;. The Morgan fingerprint density at radius 1 is 0.617 bits per heavy atom. The van der Waals surface area contributed by atoms with E-state index in [-0.39, 0.29) is 0 Å². The van der Waals surface area contributed by atoms with Crippen LogP contribution in [0.1, 0.15) is 170 Å². The van der Waals surface area contributed by atoms with Gasteiger partial charge in [-0.3, -0.25) is 0 Å². The summed E-state index contributed by atoms with van der Waals surface area (Å²) in [4.78, 5) is 0. The summed E-state index contributed by atoms with van der Waals surface area (Å²) in [5.41, 5.74) is 10.5. The number of aryl methyl sites for hydroxylation is 4. The van der Waals surface area contributed by atoms with E-state index >= 15 is 0 Å². The molecule has 0 aliphatic heterocycles. The molecule has 0 saturated heterocycles. The van der Waals surface area contributed by atoms with Crippen LogP contribution < -0.4 is 0 Å². The maximum Gasteiger partial charge on any atom is -0.0271 e. The minimum Gasteiger partial charge on any atom is -0.0958 e. The Kier molecular flexibility index (Phi) is 36.1. The van der Waals surface area contributed by atoms with Gasteiger partial charge < -0.3 is 0 Å². The summed E-state index contributed by atoms with van der Waals surface area (Å²) in [6, 6.07) is 17.3. The fourth-order valence-electron chi connectivity index (χ4n) is 4.66. The fraction of sp³-hybridized carbons (Fsp3) is 0.574. The molecule has 0 fully saturated rings. The second-order valence-corrected chi connectivity index (χ2v) is 13.1. The number of benzene rings is 2. The topological polar surface area (TPSA) is 0 Å². The zero-order valence-corrected chi connectivity index (χ0v) is 34.1. The van der Waals surface area contributed by atoms with Crippen LogP contribution in [0.2, 0.25) is 0 Å². The Balaban J connectivity index is -0.000000527. The quantitative estimate of drug-likeness (QED) is 0.142. The summed E-state index contributed by atoms with van der Waals surface area (Å²) in [5, 5.41) is 0. The molecule has 0 atom stereocenters. The molecule has 0 radical (unpaired) electrons. The third kappa shape index (κ3) is 31.8. The minimum absolute atomic E-state index is 0.963. The van der Waals surface area contributed by atoms with Crippen LogP contribution in [0.4, 0.5) is 0 Å². The van der Waals surface area contributed by atoms with Crippen molar-refractivity contribution in [1.29, 1.82) is 0 Å². The lowest BCUT2D eigenvalue weighted by molar-refractivity contribution is 0.480. The summed E-state index contributed by atoms with van der Waals surface area (Å²) in [6.07, 6.45) is 22.5. The molecule has 0 aliphatic carbocycles. The number of allylic oxidation sites excluding steroid dienone is 7. The molecule has 0 heteroatoms. The van der Waals surface area contributed by atoms with E-state index in [1.807, 2.05) is 6.92 Å². The molecule has 0 amide bonds. The molecule has 0 nitrogen and oxygen atoms in total. The van der Waals surface area contributed by atoms with Gasteiger partial charge in [0.15, 0.2) is 0 Å². The lowest BCUT2D eigenvalue weighted by Crippen LogP contribution is -1.91. The molecule has 0 heterocycles. The zero-order valence-electron chi connectivity index (χ0n) is 34.1. The van der Waals surface area contributed by atoms with Crippen LogP contribution in [-0.2, 0) is 12.8 Å². The van der Waals surface area contributed by atoms with E-state index in [9.17, 15) is 0 Å². The van der Waals surface area contributed by atoms with Crippen molar-refractivity contribution >= 4 is 0 Å². The molecular formula is C47H80. The summed E-state index contributed by atoms with van der Waals surface area (Å²) >= 11 is 0. The highest BCUT2D eigenvalue weighted by molar-refractivity contribution is 5.43. The Morgan fingerprint density at radius 3 is 1.30 bits per heavy atom. The van der Waals surface area contributed by atoms with Gasteiger partial charge in [-0.2, -0.15) is 0 Å². The monoisotopic (exact) mass is 645 g/mol. The molecule has 0 saturated carbocycles. The first-order valence-electron chi connectivity index (χ1n) is 19.2. The first kappa shape index (κ1) is 48.8. The van der Waals surface area contributed by atoms with E-state index in [1.54, 1.807) is 0 Å². The van der Waals surface area contributed by atoms with Crippen LogP contribution in [0.5, 0.6) is 0 Å². The van der Waals surface area contributed by atoms with Gasteiger partial charge in [0.1, 0.15) is 0 Å². The van der Waals surface area contributed by atoms with Crippen molar-refractivity contribution < 1.29 is 0 Å². The largest absolute Gasteiger partial charge is 0.0958 e. The van der Waals surface area contributed by atoms with Gasteiger partial charge in [-0.05, 0) is 94.6 Å². The van der Waals surface area contributed by atoms with Gasteiger partial charge in [-0.1, -0.05) is 203 Å². The highest BCUT2D eigenvalue weighted by Gasteiger charge is 1.97. The number of hydrogen-bond donors (Lipinski definition) is 0. The maximum atomic E-state index is 3.93. The second kappa shape index (κ2) is 34.7. The van der Waals surface area contributed by atoms with Crippen molar-refractivity contribution in [1.82, 2.24) is 0 Å². The van der Waals surface area contributed by atoms with Crippen LogP contribution in [0.15, 0.2) is 95.6 Å². The van der Waals surface area contributed by atoms with E-state index in [2.05, 4.69) is 163 Å². The highest BCUT2D eigenvalue weighted by atomic mass is 14.0. The van der Waals surface area contributed by atoms with Crippen molar-refractivity contribution in [3.8, 4) is 0 Å². The molecule has 0 unspecified atom stereocenters. The molecule has 2 aromatic carbocycles. The smallest absolute Gasteiger partial charge is 0.0271 e. The van der Waals surface area contributed by atoms with Gasteiger partial charge in [0.05, 0.1) is 0 Å². The number of unbranched alkanes of at least 4 members (excludes halogenated alkanes) is 4. The molecular weight excluding hydrogens is 565 g/mol. The Bertz CT molecular complexity index is 1000. The molecule has 0 aromatic heterocycles. The van der Waals surface area contributed by atoms with Crippen LogP contribution in [0, 0.1) is 19.8 Å². The van der Waals surface area contributed by atoms with E-state index in [1.165, 1.54) is 96.8 Å². The fourth-order valence-corrected chi connectivity index (χ4v) is 4.66. The lowest BCUT2D eigenvalue weighted by atomic mass is 10.0. The third-order valence-corrected chi connectivity index (χ3v) is 8.15. The Hall–Kier alpha value is -2.60. The number of rotatable bonds is 14. The van der Waals surface area contributed by atoms with Crippen LogP contribution in [0.25, 0.3) is 0 Å². The first-order valence-corrected chi connectivity index (χ1v) is 19.2. The SMILES string of the molecule is C=C(C)/C(C)=C\C(=C/C)C(C)=CCC.CCCC(C)CCC.CCCCCCC.CCc1ccc(C)cc1.CCc1ccc(C)cc1. The summed E-state index contributed by atoms with van der Waals surface area (Å²) in [5.74, 6) is 0.963. The third-order valence-electron chi connectivity index (χ3n) is 8.15. The Labute approximate surface area is 297 Å². The van der Waals surface area contributed by atoms with Gasteiger partial charge in [-0.25, -0.2) is 0 Å². The Morgan fingerprint density at radius 2 is 1.02 bits per heavy atom. The van der Waals surface area contributed by atoms with Crippen molar-refractivity contribution in [3.05, 3.63) is 118 Å². The van der Waals surface area contributed by atoms with Crippen molar-refractivity contribution in [2.24, 2.45) is 5.92 Å². The van der Waals surface area contributed by atoms with E-state index < -0.39 is 0 Å². The van der Waals surface area contributed by atoms with Gasteiger partial charge in [0, 0.05) is 0 Å². The molecule has 0 aliphatic rings. The second-order valence-electron chi connectivity index (χ2n) is 13.1. The molecule has 268 valence electrons. The predicted molar refractivity (Wildman–Crippen MR) is 221 cm³/mol. The van der Waals surface area contributed by atoms with E-state index in [0.717, 1.165) is 30.8 Å². The van der Waals surface area contributed by atoms with Gasteiger partial charge in [0.25, 0.3) is 0 Å². The van der Waals surface area contributed by atoms with Crippen LogP contribution in [0.3, 0.4) is 0 Å². The highest BCUT2D eigenvalue weighted by Crippen LogP contribution is 2.17. The molecule has 47 heavy (non-hydrogen) atoms. The summed E-state index contributed by atoms with van der Waals surface area (Å²) in [6.45, 7) is 34.4. The van der Waals surface area contributed by atoms with Gasteiger partial charge >= 0.3 is 0 Å². The minimum atomic E-state index is 0.963. The van der Waals surface area contributed by atoms with Gasteiger partial charge in [-0.15, -0.1) is 0 Å². The molecule has 2 rings (SSSR count). The van der Waals surface area contributed by atoms with Gasteiger partial charge in [0.2, 0.25) is 0 Å². The number of hydrogen-bond acceptors (Lipinski definition) is 0. The molecule has 0 bridgehead atoms. The molecule has 0 spiro atoms. The maximum absolute atomic E-state index is 3.93. The molecule has 0 N–H and O–H groups in total. The normalized spacial score (nSPS) is 11.2. The summed E-state index contributed by atoms with van der Waals surface area (Å²) in [7, 11) is 0. The van der Waals surface area contributed by atoms with Crippen LogP contribution >= 0.6 is 0 Å². The average Bonchev–Trinajstić information content (AvgIpc) is 3.06. The van der Waals surface area contributed by atoms with Crippen molar-refractivity contribution in [3.63, 3.8) is 0 Å². The molecule has 2 aromatic rings. The van der Waals surface area contributed by atoms with Crippen molar-refractivity contribution in [2.75, 3.05) is 0 Å². The van der Waals surface area contributed by atoms with E-state index in [0.29, 0.717) is 0 Å². The van der Waals surface area contributed by atoms with E-state index in [4.69, 9.17) is 0 Å². The lowest BCUT2D eigenvalue weighted by Gasteiger charge is -2.05. The average molecular weight is 645 g/mol.